The molecule has 6 heteroatoms. The number of hydrogen-bond donors (Lipinski definition) is 2. The first-order valence-corrected chi connectivity index (χ1v) is 6.65. The van der Waals surface area contributed by atoms with E-state index in [1.807, 2.05) is 6.92 Å². The highest BCUT2D eigenvalue weighted by Gasteiger charge is 2.08. The third kappa shape index (κ3) is 4.53. The molecule has 1 aromatic carbocycles. The normalized spacial score (nSPS) is 11.7. The maximum absolute atomic E-state index is 11.7. The van der Waals surface area contributed by atoms with E-state index < -0.39 is 0 Å². The van der Waals surface area contributed by atoms with Crippen molar-refractivity contribution in [3.8, 4) is 0 Å². The predicted molar refractivity (Wildman–Crippen MR) is 76.4 cm³/mol. The Hall–Kier alpha value is -1.30. The molecule has 0 saturated heterocycles. The minimum atomic E-state index is -0.175. The molecule has 94 valence electrons. The van der Waals surface area contributed by atoms with Crippen LogP contribution in [0.3, 0.4) is 0 Å². The molecule has 0 aromatic heterocycles. The van der Waals surface area contributed by atoms with Crippen molar-refractivity contribution in [2.45, 2.75) is 19.3 Å². The molecule has 0 aliphatic carbocycles. The lowest BCUT2D eigenvalue weighted by molar-refractivity contribution is -0.113. The summed E-state index contributed by atoms with van der Waals surface area (Å²) in [7, 11) is 5.43. The van der Waals surface area contributed by atoms with E-state index in [2.05, 4.69) is 26.6 Å². The molecule has 4 nitrogen and oxygen atoms in total. The first-order valence-electron chi connectivity index (χ1n) is 5.53. The van der Waals surface area contributed by atoms with Crippen LogP contribution in [0.1, 0.15) is 17.3 Å². The monoisotopic (exact) mass is 308 g/mol. The van der Waals surface area contributed by atoms with E-state index in [0.29, 0.717) is 17.6 Å². The number of carbonyl (C=O) groups excluding carboxylic acids is 2. The first-order chi connectivity index (χ1) is 8.56. The quantitative estimate of drug-likeness (QED) is 0.643. The molecular formula is C12H14BBrN2O2. The van der Waals surface area contributed by atoms with Crippen molar-refractivity contribution < 1.29 is 9.59 Å². The summed E-state index contributed by atoms with van der Waals surface area (Å²) >= 11 is 3.06. The molecule has 1 atom stereocenters. The van der Waals surface area contributed by atoms with E-state index in [0.717, 1.165) is 0 Å². The molecule has 18 heavy (non-hydrogen) atoms. The highest BCUT2D eigenvalue weighted by atomic mass is 79.9. The Labute approximate surface area is 116 Å². The van der Waals surface area contributed by atoms with E-state index in [-0.39, 0.29) is 23.2 Å². The Morgan fingerprint density at radius 3 is 2.44 bits per heavy atom. The number of amides is 2. The molecule has 0 unspecified atom stereocenters. The highest BCUT2D eigenvalue weighted by Crippen LogP contribution is 2.10. The molecule has 0 saturated carbocycles. The van der Waals surface area contributed by atoms with Crippen molar-refractivity contribution in [1.82, 2.24) is 5.32 Å². The highest BCUT2D eigenvalue weighted by molar-refractivity contribution is 9.09. The van der Waals surface area contributed by atoms with Crippen LogP contribution in [0, 0.1) is 0 Å². The van der Waals surface area contributed by atoms with Gasteiger partial charge in [-0.25, -0.2) is 0 Å². The van der Waals surface area contributed by atoms with Gasteiger partial charge in [-0.3, -0.25) is 9.59 Å². The van der Waals surface area contributed by atoms with Gasteiger partial charge in [-0.2, -0.15) is 0 Å². The van der Waals surface area contributed by atoms with E-state index in [1.165, 1.54) is 0 Å². The second-order valence-electron chi connectivity index (χ2n) is 3.87. The van der Waals surface area contributed by atoms with Gasteiger partial charge in [0, 0.05) is 17.3 Å². The summed E-state index contributed by atoms with van der Waals surface area (Å²) in [5.74, 6) is -0.310. The molecule has 2 radical (unpaired) electrons. The lowest BCUT2D eigenvalue weighted by atomic mass is 9.98. The van der Waals surface area contributed by atoms with Gasteiger partial charge in [0.15, 0.2) is 0 Å². The Balaban J connectivity index is 2.65. The van der Waals surface area contributed by atoms with Crippen molar-refractivity contribution in [3.05, 3.63) is 29.8 Å². The number of benzene rings is 1. The summed E-state index contributed by atoms with van der Waals surface area (Å²) in [5.41, 5.74) is 1.19. The van der Waals surface area contributed by atoms with Crippen molar-refractivity contribution in [1.29, 1.82) is 0 Å². The zero-order chi connectivity index (χ0) is 13.5. The molecule has 1 rings (SSSR count). The van der Waals surface area contributed by atoms with Gasteiger partial charge in [-0.05, 0) is 31.2 Å². The average Bonchev–Trinajstić information content (AvgIpc) is 2.39. The Morgan fingerprint density at radius 2 is 1.94 bits per heavy atom. The van der Waals surface area contributed by atoms with Crippen LogP contribution in [0.5, 0.6) is 0 Å². The lowest BCUT2D eigenvalue weighted by Crippen LogP contribution is -2.32. The zero-order valence-corrected chi connectivity index (χ0v) is 11.7. The van der Waals surface area contributed by atoms with Crippen LogP contribution < -0.4 is 10.6 Å². The maximum Gasteiger partial charge on any atom is 0.251 e. The minimum Gasteiger partial charge on any atom is -0.350 e. The van der Waals surface area contributed by atoms with Crippen molar-refractivity contribution >= 4 is 41.3 Å². The fourth-order valence-corrected chi connectivity index (χ4v) is 1.41. The van der Waals surface area contributed by atoms with Gasteiger partial charge in [-0.15, -0.1) is 0 Å². The van der Waals surface area contributed by atoms with Crippen LogP contribution in [0.4, 0.5) is 5.69 Å². The smallest absolute Gasteiger partial charge is 0.251 e. The lowest BCUT2D eigenvalue weighted by Gasteiger charge is -2.11. The van der Waals surface area contributed by atoms with E-state index in [4.69, 9.17) is 7.85 Å². The van der Waals surface area contributed by atoms with Gasteiger partial charge in [0.05, 0.1) is 13.2 Å². The van der Waals surface area contributed by atoms with Crippen molar-refractivity contribution in [2.24, 2.45) is 0 Å². The average molecular weight is 309 g/mol. The molecule has 0 heterocycles. The zero-order valence-electron chi connectivity index (χ0n) is 10.1. The maximum atomic E-state index is 11.7. The molecular weight excluding hydrogens is 295 g/mol. The van der Waals surface area contributed by atoms with E-state index >= 15 is 0 Å². The fraction of sp³-hybridized carbons (Fsp3) is 0.333. The minimum absolute atomic E-state index is 0.0646. The molecule has 0 bridgehead atoms. The summed E-state index contributed by atoms with van der Waals surface area (Å²) in [5, 5.41) is 5.67. The number of halogens is 1. The molecule has 0 fully saturated rings. The topological polar surface area (TPSA) is 58.2 Å². The van der Waals surface area contributed by atoms with Crippen LogP contribution in [-0.4, -0.2) is 31.0 Å². The Kier molecular flexibility index (Phi) is 5.91. The Bertz CT molecular complexity index is 423. The molecule has 2 N–H and O–H groups in total. The van der Waals surface area contributed by atoms with Crippen LogP contribution in [0.2, 0.25) is 6.32 Å². The van der Waals surface area contributed by atoms with Crippen LogP contribution in [-0.2, 0) is 4.79 Å². The van der Waals surface area contributed by atoms with E-state index in [9.17, 15) is 9.59 Å². The second-order valence-corrected chi connectivity index (χ2v) is 4.43. The molecule has 1 aromatic rings. The number of rotatable bonds is 5. The van der Waals surface area contributed by atoms with Gasteiger partial charge in [0.1, 0.15) is 0 Å². The van der Waals surface area contributed by atoms with Gasteiger partial charge >= 0.3 is 0 Å². The van der Waals surface area contributed by atoms with Crippen LogP contribution >= 0.6 is 15.9 Å². The van der Waals surface area contributed by atoms with E-state index in [1.54, 1.807) is 24.3 Å². The fourth-order valence-electron chi connectivity index (χ4n) is 1.27. The summed E-state index contributed by atoms with van der Waals surface area (Å²) < 4.78 is 0. The second kappa shape index (κ2) is 7.21. The number of alkyl halides is 1. The van der Waals surface area contributed by atoms with Crippen molar-refractivity contribution in [2.75, 3.05) is 10.6 Å². The van der Waals surface area contributed by atoms with Crippen LogP contribution in [0.25, 0.3) is 0 Å². The Morgan fingerprint density at radius 1 is 1.33 bits per heavy atom. The number of anilines is 1. The summed E-state index contributed by atoms with van der Waals surface area (Å²) in [4.78, 5) is 22.9. The van der Waals surface area contributed by atoms with Crippen LogP contribution in [0.15, 0.2) is 24.3 Å². The number of nitrogens with one attached hydrogen (secondary N) is 2. The SMILES string of the molecule is [B]C[C@@H](C)NC(=O)c1ccc(NC(=O)CBr)cc1. The van der Waals surface area contributed by atoms with Gasteiger partial charge in [0.25, 0.3) is 5.91 Å². The van der Waals surface area contributed by atoms with Gasteiger partial charge in [-0.1, -0.05) is 22.3 Å². The standard InChI is InChI=1S/C12H14BBrN2O2/c1-8(6-13)15-12(18)9-2-4-10(5-3-9)16-11(17)7-14/h2-5,8H,6-7H2,1H3,(H,15,18)(H,16,17)/t8-/m1/s1. The van der Waals surface area contributed by atoms with Crippen molar-refractivity contribution in [3.63, 3.8) is 0 Å². The summed E-state index contributed by atoms with van der Waals surface area (Å²) in [6, 6.07) is 6.61. The number of hydrogen-bond acceptors (Lipinski definition) is 2. The number of carbonyl (C=O) groups is 2. The third-order valence-corrected chi connectivity index (χ3v) is 2.79. The molecule has 0 spiro atoms. The largest absolute Gasteiger partial charge is 0.350 e. The molecule has 0 aliphatic rings. The molecule has 0 aliphatic heterocycles. The molecule has 2 amide bonds. The first kappa shape index (κ1) is 14.8. The summed E-state index contributed by atoms with van der Waals surface area (Å²) in [6.07, 6.45) is 0.394. The van der Waals surface area contributed by atoms with Gasteiger partial charge < -0.3 is 10.6 Å². The predicted octanol–water partition coefficient (Wildman–Crippen LogP) is 1.73. The third-order valence-electron chi connectivity index (χ3n) is 2.28. The summed E-state index contributed by atoms with van der Waals surface area (Å²) in [6.45, 7) is 1.84. The van der Waals surface area contributed by atoms with Gasteiger partial charge in [0.2, 0.25) is 5.91 Å².